The Labute approximate surface area is 192 Å². The maximum Gasteiger partial charge on any atom is 0.234 e. The quantitative estimate of drug-likeness (QED) is 0.430. The molecule has 0 aliphatic rings. The number of anilines is 1. The van der Waals surface area contributed by atoms with Crippen molar-refractivity contribution in [1.82, 2.24) is 14.8 Å². The van der Waals surface area contributed by atoms with Crippen LogP contribution in [0.1, 0.15) is 25.2 Å². The van der Waals surface area contributed by atoms with Gasteiger partial charge in [0.15, 0.2) is 22.5 Å². The van der Waals surface area contributed by atoms with Crippen molar-refractivity contribution in [2.75, 3.05) is 24.8 Å². The predicted octanol–water partition coefficient (Wildman–Crippen LogP) is 4.32. The van der Waals surface area contributed by atoms with E-state index in [1.165, 1.54) is 11.8 Å². The largest absolute Gasteiger partial charge is 0.495 e. The van der Waals surface area contributed by atoms with E-state index in [1.807, 2.05) is 55.7 Å². The molecule has 170 valence electrons. The highest BCUT2D eigenvalue weighted by molar-refractivity contribution is 7.99. The summed E-state index contributed by atoms with van der Waals surface area (Å²) in [6, 6.07) is 13.1. The Kier molecular flexibility index (Phi) is 8.38. The zero-order chi connectivity index (χ0) is 22.9. The van der Waals surface area contributed by atoms with Gasteiger partial charge in [-0.25, -0.2) is 0 Å². The molecule has 0 bridgehead atoms. The minimum Gasteiger partial charge on any atom is -0.495 e. The van der Waals surface area contributed by atoms with Crippen LogP contribution in [0.2, 0.25) is 0 Å². The third kappa shape index (κ3) is 5.94. The van der Waals surface area contributed by atoms with E-state index in [-0.39, 0.29) is 18.3 Å². The van der Waals surface area contributed by atoms with Gasteiger partial charge in [-0.3, -0.25) is 4.79 Å². The lowest BCUT2D eigenvalue weighted by Crippen LogP contribution is -2.15. The van der Waals surface area contributed by atoms with Gasteiger partial charge < -0.3 is 24.1 Å². The van der Waals surface area contributed by atoms with E-state index in [9.17, 15) is 4.79 Å². The predicted molar refractivity (Wildman–Crippen MR) is 125 cm³/mol. The number of nitrogens with zero attached hydrogens (tertiary/aromatic N) is 3. The fourth-order valence-electron chi connectivity index (χ4n) is 3.06. The summed E-state index contributed by atoms with van der Waals surface area (Å²) in [5.41, 5.74) is 1.73. The SMILES string of the molecule is CCOc1cc(C)ccc1OCc1nnc(SCC(=O)Nc2ccccc2OC)n1CC. The number of hydrogen-bond donors (Lipinski definition) is 1. The van der Waals surface area contributed by atoms with Crippen LogP contribution >= 0.6 is 11.8 Å². The van der Waals surface area contributed by atoms with Crippen molar-refractivity contribution < 1.29 is 19.0 Å². The molecule has 1 heterocycles. The van der Waals surface area contributed by atoms with Crippen molar-refractivity contribution in [3.8, 4) is 17.2 Å². The van der Waals surface area contributed by atoms with Gasteiger partial charge in [-0.15, -0.1) is 10.2 Å². The zero-order valence-electron chi connectivity index (χ0n) is 18.8. The first kappa shape index (κ1) is 23.5. The summed E-state index contributed by atoms with van der Waals surface area (Å²) in [5, 5.41) is 12.0. The molecule has 8 nitrogen and oxygen atoms in total. The van der Waals surface area contributed by atoms with E-state index in [0.717, 1.165) is 5.56 Å². The first-order chi connectivity index (χ1) is 15.5. The number of amides is 1. The topological polar surface area (TPSA) is 87.5 Å². The Morgan fingerprint density at radius 1 is 1.06 bits per heavy atom. The summed E-state index contributed by atoms with van der Waals surface area (Å²) in [4.78, 5) is 12.4. The number of thioether (sulfide) groups is 1. The molecule has 3 aromatic rings. The van der Waals surface area contributed by atoms with Gasteiger partial charge in [0.2, 0.25) is 5.91 Å². The lowest BCUT2D eigenvalue weighted by molar-refractivity contribution is -0.113. The number of methoxy groups -OCH3 is 1. The fraction of sp³-hybridized carbons (Fsp3) is 0.348. The Morgan fingerprint density at radius 3 is 2.62 bits per heavy atom. The van der Waals surface area contributed by atoms with Crippen molar-refractivity contribution >= 4 is 23.4 Å². The number of ether oxygens (including phenoxy) is 3. The van der Waals surface area contributed by atoms with E-state index in [0.29, 0.717) is 47.1 Å². The molecule has 9 heteroatoms. The molecule has 0 aliphatic carbocycles. The van der Waals surface area contributed by atoms with Crippen molar-refractivity contribution in [3.63, 3.8) is 0 Å². The maximum atomic E-state index is 12.4. The van der Waals surface area contributed by atoms with Gasteiger partial charge in [0.1, 0.15) is 12.4 Å². The Bertz CT molecular complexity index is 1050. The lowest BCUT2D eigenvalue weighted by atomic mass is 10.2. The summed E-state index contributed by atoms with van der Waals surface area (Å²) >= 11 is 1.32. The van der Waals surface area contributed by atoms with Crippen LogP contribution in [-0.2, 0) is 17.9 Å². The van der Waals surface area contributed by atoms with E-state index in [1.54, 1.807) is 19.2 Å². The summed E-state index contributed by atoms with van der Waals surface area (Å²) in [6.07, 6.45) is 0. The first-order valence-electron chi connectivity index (χ1n) is 10.4. The number of hydrogen-bond acceptors (Lipinski definition) is 7. The molecular formula is C23H28N4O4S. The molecule has 1 amide bonds. The van der Waals surface area contributed by atoms with Gasteiger partial charge >= 0.3 is 0 Å². The smallest absolute Gasteiger partial charge is 0.234 e. The van der Waals surface area contributed by atoms with E-state index in [4.69, 9.17) is 14.2 Å². The highest BCUT2D eigenvalue weighted by atomic mass is 32.2. The van der Waals surface area contributed by atoms with Crippen molar-refractivity contribution in [3.05, 3.63) is 53.9 Å². The number of benzene rings is 2. The molecule has 1 aromatic heterocycles. The van der Waals surface area contributed by atoms with Gasteiger partial charge in [0.05, 0.1) is 25.2 Å². The molecule has 3 rings (SSSR count). The lowest BCUT2D eigenvalue weighted by Gasteiger charge is -2.13. The number of nitrogens with one attached hydrogen (secondary N) is 1. The van der Waals surface area contributed by atoms with Crippen LogP contribution in [0, 0.1) is 6.92 Å². The highest BCUT2D eigenvalue weighted by Crippen LogP contribution is 2.29. The summed E-state index contributed by atoms with van der Waals surface area (Å²) in [5.74, 6) is 2.71. The van der Waals surface area contributed by atoms with Crippen LogP contribution in [0.3, 0.4) is 0 Å². The molecule has 0 aliphatic heterocycles. The molecule has 2 aromatic carbocycles. The molecular weight excluding hydrogens is 428 g/mol. The van der Waals surface area contributed by atoms with E-state index < -0.39 is 0 Å². The van der Waals surface area contributed by atoms with Crippen molar-refractivity contribution in [2.24, 2.45) is 0 Å². The third-order valence-electron chi connectivity index (χ3n) is 4.58. The van der Waals surface area contributed by atoms with Gasteiger partial charge in [-0.2, -0.15) is 0 Å². The summed E-state index contributed by atoms with van der Waals surface area (Å²) < 4.78 is 18.9. The second kappa shape index (κ2) is 11.4. The molecule has 0 radical (unpaired) electrons. The molecule has 0 atom stereocenters. The molecule has 0 unspecified atom stereocenters. The molecule has 0 spiro atoms. The third-order valence-corrected chi connectivity index (χ3v) is 5.55. The van der Waals surface area contributed by atoms with Crippen LogP contribution in [0.4, 0.5) is 5.69 Å². The van der Waals surface area contributed by atoms with E-state index >= 15 is 0 Å². The Morgan fingerprint density at radius 2 is 1.88 bits per heavy atom. The van der Waals surface area contributed by atoms with E-state index in [2.05, 4.69) is 15.5 Å². The average molecular weight is 457 g/mol. The van der Waals surface area contributed by atoms with Crippen LogP contribution in [0.15, 0.2) is 47.6 Å². The summed E-state index contributed by atoms with van der Waals surface area (Å²) in [6.45, 7) is 7.42. The number of aromatic nitrogens is 3. The molecule has 0 fully saturated rings. The molecule has 32 heavy (non-hydrogen) atoms. The second-order valence-electron chi connectivity index (χ2n) is 6.85. The van der Waals surface area contributed by atoms with Crippen molar-refractivity contribution in [2.45, 2.75) is 39.1 Å². The van der Waals surface area contributed by atoms with Crippen LogP contribution < -0.4 is 19.5 Å². The standard InChI is InChI=1S/C23H28N4O4S/c1-5-27-21(14-31-19-12-11-16(3)13-20(19)30-6-2)25-26-23(27)32-15-22(28)24-17-9-7-8-10-18(17)29-4/h7-13H,5-6,14-15H2,1-4H3,(H,24,28). The summed E-state index contributed by atoms with van der Waals surface area (Å²) in [7, 11) is 1.57. The van der Waals surface area contributed by atoms with Gasteiger partial charge in [0.25, 0.3) is 0 Å². The maximum absolute atomic E-state index is 12.4. The monoisotopic (exact) mass is 456 g/mol. The number of rotatable bonds is 11. The normalized spacial score (nSPS) is 10.6. The van der Waals surface area contributed by atoms with Gasteiger partial charge in [-0.05, 0) is 50.6 Å². The number of carbonyl (C=O) groups excluding carboxylic acids is 1. The van der Waals surface area contributed by atoms with Crippen molar-refractivity contribution in [1.29, 1.82) is 0 Å². The van der Waals surface area contributed by atoms with Crippen LogP contribution in [0.25, 0.3) is 0 Å². The molecule has 0 saturated carbocycles. The fourth-order valence-corrected chi connectivity index (χ4v) is 3.88. The zero-order valence-corrected chi connectivity index (χ0v) is 19.6. The van der Waals surface area contributed by atoms with Gasteiger partial charge in [-0.1, -0.05) is 30.0 Å². The average Bonchev–Trinajstić information content (AvgIpc) is 3.19. The van der Waals surface area contributed by atoms with Gasteiger partial charge in [0, 0.05) is 6.54 Å². The number of aryl methyl sites for hydroxylation is 1. The highest BCUT2D eigenvalue weighted by Gasteiger charge is 2.15. The number of para-hydroxylation sites is 2. The Balaban J connectivity index is 1.62. The molecule has 1 N–H and O–H groups in total. The number of carbonyl (C=O) groups is 1. The first-order valence-corrected chi connectivity index (χ1v) is 11.4. The minimum atomic E-state index is -0.149. The van der Waals surface area contributed by atoms with Crippen LogP contribution in [0.5, 0.6) is 17.2 Å². The second-order valence-corrected chi connectivity index (χ2v) is 7.79. The Hall–Kier alpha value is -3.20. The van der Waals surface area contributed by atoms with Crippen LogP contribution in [-0.4, -0.2) is 40.1 Å². The molecule has 0 saturated heterocycles. The minimum absolute atomic E-state index is 0.149.